The van der Waals surface area contributed by atoms with Gasteiger partial charge in [0.05, 0.1) is 11.9 Å². The van der Waals surface area contributed by atoms with Crippen LogP contribution in [0.15, 0.2) is 87.5 Å². The van der Waals surface area contributed by atoms with Gasteiger partial charge >= 0.3 is 0 Å². The molecule has 0 spiro atoms. The van der Waals surface area contributed by atoms with Gasteiger partial charge in [0.25, 0.3) is 5.91 Å². The second-order valence-corrected chi connectivity index (χ2v) is 7.63. The molecule has 0 unspecified atom stereocenters. The molecule has 1 heterocycles. The molecule has 0 radical (unpaired) electrons. The molecule has 1 aliphatic heterocycles. The highest BCUT2D eigenvalue weighted by Gasteiger charge is 2.35. The van der Waals surface area contributed by atoms with Crippen molar-refractivity contribution >= 4 is 51.0 Å². The molecule has 3 aromatic carbocycles. The van der Waals surface area contributed by atoms with Crippen LogP contribution in [0, 0.1) is 0 Å². The number of fused-ring (bicyclic) bond motifs is 1. The molecule has 0 aromatic heterocycles. The molecule has 31 heavy (non-hydrogen) atoms. The highest BCUT2D eigenvalue weighted by atomic mass is 79.9. The van der Waals surface area contributed by atoms with Gasteiger partial charge < -0.3 is 10.4 Å². The van der Waals surface area contributed by atoms with E-state index in [1.165, 1.54) is 17.2 Å². The molecule has 0 aliphatic carbocycles. The van der Waals surface area contributed by atoms with Crippen LogP contribution in [0.4, 0.5) is 11.4 Å². The lowest BCUT2D eigenvalue weighted by Gasteiger charge is -2.16. The quantitative estimate of drug-likeness (QED) is 0.430. The van der Waals surface area contributed by atoms with Crippen molar-refractivity contribution in [3.05, 3.63) is 88.4 Å². The van der Waals surface area contributed by atoms with Gasteiger partial charge in [0, 0.05) is 21.3 Å². The maximum Gasteiger partial charge on any atom is 0.279 e. The number of carbonyl (C=O) groups excluding carboxylic acids is 2. The van der Waals surface area contributed by atoms with Crippen molar-refractivity contribution in [2.45, 2.75) is 0 Å². The lowest BCUT2D eigenvalue weighted by molar-refractivity contribution is -0.118. The largest absolute Gasteiger partial charge is 0.507 e. The van der Waals surface area contributed by atoms with Crippen molar-refractivity contribution in [3.63, 3.8) is 0 Å². The van der Waals surface area contributed by atoms with Gasteiger partial charge in [-0.1, -0.05) is 52.3 Å². The number of benzene rings is 3. The molecular weight excluding hydrogens is 460 g/mol. The number of aromatic hydroxyl groups is 1. The van der Waals surface area contributed by atoms with E-state index in [-0.39, 0.29) is 23.9 Å². The Kier molecular flexibility index (Phi) is 5.90. The van der Waals surface area contributed by atoms with E-state index in [0.29, 0.717) is 22.5 Å². The van der Waals surface area contributed by atoms with Crippen LogP contribution in [-0.2, 0) is 9.59 Å². The second kappa shape index (κ2) is 8.93. The van der Waals surface area contributed by atoms with E-state index in [2.05, 4.69) is 31.4 Å². The van der Waals surface area contributed by atoms with Gasteiger partial charge in [-0.15, -0.1) is 5.10 Å². The van der Waals surface area contributed by atoms with Gasteiger partial charge in [-0.05, 0) is 36.4 Å². The maximum absolute atomic E-state index is 13.0. The van der Waals surface area contributed by atoms with Crippen LogP contribution in [0.25, 0.3) is 0 Å². The number of amides is 2. The first-order chi connectivity index (χ1) is 15.0. The van der Waals surface area contributed by atoms with Crippen molar-refractivity contribution in [1.29, 1.82) is 0 Å². The summed E-state index contributed by atoms with van der Waals surface area (Å²) in [6.45, 7) is -0.153. The molecule has 0 saturated heterocycles. The van der Waals surface area contributed by atoms with Gasteiger partial charge in [-0.2, -0.15) is 5.10 Å². The molecule has 4 rings (SSSR count). The van der Waals surface area contributed by atoms with Crippen LogP contribution >= 0.6 is 15.9 Å². The van der Waals surface area contributed by atoms with Crippen LogP contribution in [0.1, 0.15) is 11.1 Å². The summed E-state index contributed by atoms with van der Waals surface area (Å²) in [7, 11) is 0. The van der Waals surface area contributed by atoms with Crippen molar-refractivity contribution in [3.8, 4) is 5.75 Å². The van der Waals surface area contributed by atoms with Gasteiger partial charge in [-0.3, -0.25) is 14.5 Å². The monoisotopic (exact) mass is 476 g/mol. The van der Waals surface area contributed by atoms with E-state index in [0.717, 1.165) is 4.47 Å². The average Bonchev–Trinajstić information content (AvgIpc) is 3.03. The van der Waals surface area contributed by atoms with Crippen LogP contribution < -0.4 is 10.2 Å². The van der Waals surface area contributed by atoms with E-state index in [1.807, 2.05) is 18.2 Å². The van der Waals surface area contributed by atoms with E-state index in [1.54, 1.807) is 48.5 Å². The minimum absolute atomic E-state index is 0.0458. The Hall–Kier alpha value is -3.78. The number of nitrogens with zero attached hydrogens (tertiary/aromatic N) is 3. The molecule has 3 aromatic rings. The Morgan fingerprint density at radius 1 is 1.06 bits per heavy atom. The lowest BCUT2D eigenvalue weighted by Crippen LogP contribution is -2.37. The van der Waals surface area contributed by atoms with Gasteiger partial charge in [-0.25, -0.2) is 0 Å². The molecule has 0 fully saturated rings. The summed E-state index contributed by atoms with van der Waals surface area (Å²) in [5.74, 6) is -0.692. The van der Waals surface area contributed by atoms with Gasteiger partial charge in [0.15, 0.2) is 5.71 Å². The van der Waals surface area contributed by atoms with E-state index in [4.69, 9.17) is 0 Å². The van der Waals surface area contributed by atoms with Crippen molar-refractivity contribution < 1.29 is 14.7 Å². The Morgan fingerprint density at radius 3 is 2.61 bits per heavy atom. The first-order valence-corrected chi connectivity index (χ1v) is 10.2. The first kappa shape index (κ1) is 20.5. The maximum atomic E-state index is 13.0. The first-order valence-electron chi connectivity index (χ1n) is 9.38. The minimum atomic E-state index is -0.417. The number of nitrogens with one attached hydrogen (secondary N) is 1. The summed E-state index contributed by atoms with van der Waals surface area (Å²) in [5.41, 5.74) is 2.43. The molecule has 8 heteroatoms. The average molecular weight is 477 g/mol. The van der Waals surface area contributed by atoms with Crippen molar-refractivity contribution in [1.82, 2.24) is 0 Å². The number of phenolic OH excluding ortho intramolecular Hbond substituents is 1. The molecule has 154 valence electrons. The molecule has 2 N–H and O–H groups in total. The normalized spacial score (nSPS) is 14.3. The SMILES string of the molecule is O=C(CN1C(=O)/C(=N/N=C/c2cc(Br)ccc2O)c2ccccc21)Nc1ccccc1. The lowest BCUT2D eigenvalue weighted by atomic mass is 10.1. The highest BCUT2D eigenvalue weighted by Crippen LogP contribution is 2.29. The number of hydrogen-bond acceptors (Lipinski definition) is 5. The molecule has 1 aliphatic rings. The topological polar surface area (TPSA) is 94.4 Å². The van der Waals surface area contributed by atoms with Crippen molar-refractivity contribution in [2.75, 3.05) is 16.8 Å². The van der Waals surface area contributed by atoms with Crippen LogP contribution in [0.3, 0.4) is 0 Å². The Morgan fingerprint density at radius 2 is 1.81 bits per heavy atom. The molecule has 2 amide bonds. The third-order valence-corrected chi connectivity index (χ3v) is 5.09. The summed E-state index contributed by atoms with van der Waals surface area (Å²) in [6, 6.07) is 21.1. The number of phenols is 1. The van der Waals surface area contributed by atoms with Crippen LogP contribution in [-0.4, -0.2) is 35.4 Å². The Bertz CT molecular complexity index is 1210. The molecule has 0 bridgehead atoms. The number of carbonyl (C=O) groups is 2. The fourth-order valence-electron chi connectivity index (χ4n) is 3.16. The smallest absolute Gasteiger partial charge is 0.279 e. The summed E-state index contributed by atoms with van der Waals surface area (Å²) < 4.78 is 0.775. The third kappa shape index (κ3) is 4.54. The summed E-state index contributed by atoms with van der Waals surface area (Å²) in [6.07, 6.45) is 1.37. The summed E-state index contributed by atoms with van der Waals surface area (Å²) >= 11 is 3.33. The van der Waals surface area contributed by atoms with Crippen LogP contribution in [0.2, 0.25) is 0 Å². The molecule has 0 atom stereocenters. The van der Waals surface area contributed by atoms with Gasteiger partial charge in [0.1, 0.15) is 12.3 Å². The van der Waals surface area contributed by atoms with E-state index in [9.17, 15) is 14.7 Å². The van der Waals surface area contributed by atoms with Crippen LogP contribution in [0.5, 0.6) is 5.75 Å². The highest BCUT2D eigenvalue weighted by molar-refractivity contribution is 9.10. The zero-order valence-corrected chi connectivity index (χ0v) is 17.8. The zero-order valence-electron chi connectivity index (χ0n) is 16.2. The van der Waals surface area contributed by atoms with Crippen molar-refractivity contribution in [2.24, 2.45) is 10.2 Å². The number of rotatable bonds is 5. The Balaban J connectivity index is 1.57. The van der Waals surface area contributed by atoms with E-state index >= 15 is 0 Å². The number of hydrogen-bond donors (Lipinski definition) is 2. The fourth-order valence-corrected chi connectivity index (χ4v) is 3.54. The second-order valence-electron chi connectivity index (χ2n) is 6.72. The Labute approximate surface area is 186 Å². The molecule has 7 nitrogen and oxygen atoms in total. The van der Waals surface area contributed by atoms with E-state index < -0.39 is 5.91 Å². The number of para-hydroxylation sites is 2. The number of anilines is 2. The zero-order chi connectivity index (χ0) is 21.8. The summed E-state index contributed by atoms with van der Waals surface area (Å²) in [5, 5.41) is 20.8. The predicted molar refractivity (Wildman–Crippen MR) is 124 cm³/mol. The minimum Gasteiger partial charge on any atom is -0.507 e. The summed E-state index contributed by atoms with van der Waals surface area (Å²) in [4.78, 5) is 26.9. The third-order valence-electron chi connectivity index (χ3n) is 4.60. The molecular formula is C23H17BrN4O3. The molecule has 0 saturated carbocycles. The predicted octanol–water partition coefficient (Wildman–Crippen LogP) is 3.96. The van der Waals surface area contributed by atoms with Gasteiger partial charge in [0.2, 0.25) is 5.91 Å². The standard InChI is InChI=1S/C23H17BrN4O3/c24-16-10-11-20(29)15(12-16)13-25-27-22-18-8-4-5-9-19(18)28(23(22)31)14-21(30)26-17-6-2-1-3-7-17/h1-13,29H,14H2,(H,26,30)/b25-13+,27-22+. The fraction of sp³-hybridized carbons (Fsp3) is 0.0435. The number of halogens is 1.